The minimum atomic E-state index is -0.336. The molecule has 0 heterocycles. The van der Waals surface area contributed by atoms with Gasteiger partial charge in [0.1, 0.15) is 0 Å². The molecule has 0 saturated heterocycles. The molecular weight excluding hydrogens is 236 g/mol. The van der Waals surface area contributed by atoms with Gasteiger partial charge >= 0.3 is 6.03 Å². The number of hydrogen-bond acceptors (Lipinski definition) is 3. The third kappa shape index (κ3) is 2.73. The first-order valence-electron chi connectivity index (χ1n) is 5.64. The zero-order valence-corrected chi connectivity index (χ0v) is 10.6. The summed E-state index contributed by atoms with van der Waals surface area (Å²) in [4.78, 5) is 16.4. The van der Waals surface area contributed by atoms with Crippen molar-refractivity contribution in [2.24, 2.45) is 0 Å². The second kappa shape index (κ2) is 5.42. The number of urea groups is 1. The van der Waals surface area contributed by atoms with E-state index < -0.39 is 0 Å². The smallest absolute Gasteiger partial charge is 0.329 e. The van der Waals surface area contributed by atoms with Crippen LogP contribution in [0.15, 0.2) is 24.3 Å². The molecule has 1 atom stereocenters. The molecule has 1 N–H and O–H groups in total. The highest BCUT2D eigenvalue weighted by Crippen LogP contribution is 2.29. The lowest BCUT2D eigenvalue weighted by Gasteiger charge is -2.27. The van der Waals surface area contributed by atoms with Crippen molar-refractivity contribution in [1.82, 2.24) is 9.79 Å². The highest BCUT2D eigenvalue weighted by molar-refractivity contribution is 7.78. The fourth-order valence-electron chi connectivity index (χ4n) is 2.19. The molecule has 1 aromatic rings. The number of benzene rings is 1. The molecular formula is C12H16N2O2S. The van der Waals surface area contributed by atoms with Crippen LogP contribution >= 0.6 is 12.8 Å². The van der Waals surface area contributed by atoms with Gasteiger partial charge in [0.05, 0.1) is 13.2 Å². The molecule has 2 amide bonds. The van der Waals surface area contributed by atoms with E-state index in [1.54, 1.807) is 0 Å². The molecule has 0 fully saturated rings. The van der Waals surface area contributed by atoms with Crippen LogP contribution in [-0.2, 0) is 11.3 Å². The van der Waals surface area contributed by atoms with Crippen LogP contribution in [0.4, 0.5) is 4.79 Å². The summed E-state index contributed by atoms with van der Waals surface area (Å²) in [6, 6.07) is 7.92. The van der Waals surface area contributed by atoms with E-state index in [0.29, 0.717) is 0 Å². The molecule has 4 nitrogen and oxygen atoms in total. The van der Waals surface area contributed by atoms with E-state index in [4.69, 9.17) is 4.84 Å². The number of nitrogens with one attached hydrogen (secondary N) is 1. The number of hydrogen-bond donors (Lipinski definition) is 2. The van der Waals surface area contributed by atoms with Crippen molar-refractivity contribution < 1.29 is 9.63 Å². The Morgan fingerprint density at radius 1 is 1.53 bits per heavy atom. The molecule has 1 aliphatic carbocycles. The maximum Gasteiger partial charge on any atom is 0.352 e. The van der Waals surface area contributed by atoms with Crippen LogP contribution in [-0.4, -0.2) is 17.6 Å². The summed E-state index contributed by atoms with van der Waals surface area (Å²) in [6.07, 6.45) is 3.12. The molecule has 0 aliphatic heterocycles. The molecule has 2 rings (SSSR count). The van der Waals surface area contributed by atoms with Crippen LogP contribution < -0.4 is 5.32 Å². The van der Waals surface area contributed by atoms with Crippen LogP contribution in [0.3, 0.4) is 0 Å². The van der Waals surface area contributed by atoms with Crippen LogP contribution in [0.5, 0.6) is 0 Å². The van der Waals surface area contributed by atoms with Crippen molar-refractivity contribution in [3.8, 4) is 0 Å². The highest BCUT2D eigenvalue weighted by atomic mass is 32.1. The average Bonchev–Trinajstić information content (AvgIpc) is 2.38. The van der Waals surface area contributed by atoms with Crippen LogP contribution in [0, 0.1) is 0 Å². The minimum Gasteiger partial charge on any atom is -0.329 e. The van der Waals surface area contributed by atoms with Crippen molar-refractivity contribution in [2.45, 2.75) is 25.3 Å². The lowest BCUT2D eigenvalue weighted by molar-refractivity contribution is 0.000239. The van der Waals surface area contributed by atoms with E-state index in [2.05, 4.69) is 30.3 Å². The van der Waals surface area contributed by atoms with Crippen molar-refractivity contribution >= 4 is 18.8 Å². The maximum atomic E-state index is 11.7. The van der Waals surface area contributed by atoms with Gasteiger partial charge in [0.15, 0.2) is 0 Å². The molecule has 1 unspecified atom stereocenters. The van der Waals surface area contributed by atoms with Gasteiger partial charge in [-0.15, -0.1) is 4.47 Å². The lowest BCUT2D eigenvalue weighted by Crippen LogP contribution is -2.37. The van der Waals surface area contributed by atoms with Gasteiger partial charge in [0, 0.05) is 0 Å². The zero-order chi connectivity index (χ0) is 12.3. The Morgan fingerprint density at radius 3 is 3.06 bits per heavy atom. The molecule has 0 radical (unpaired) electrons. The quantitative estimate of drug-likeness (QED) is 0.627. The largest absolute Gasteiger partial charge is 0.352 e. The third-order valence-electron chi connectivity index (χ3n) is 3.01. The van der Waals surface area contributed by atoms with E-state index in [1.807, 2.05) is 12.1 Å². The maximum absolute atomic E-state index is 11.7. The van der Waals surface area contributed by atoms with Crippen molar-refractivity contribution in [3.63, 3.8) is 0 Å². The van der Waals surface area contributed by atoms with Gasteiger partial charge in [0.2, 0.25) is 0 Å². The summed E-state index contributed by atoms with van der Waals surface area (Å²) >= 11 is 3.89. The van der Waals surface area contributed by atoms with Gasteiger partial charge in [-0.25, -0.2) is 4.79 Å². The number of nitrogens with zero attached hydrogens (tertiary/aromatic N) is 1. The molecule has 1 aromatic carbocycles. The normalized spacial score (nSPS) is 18.4. The number of amides is 2. The summed E-state index contributed by atoms with van der Waals surface area (Å²) in [5.41, 5.74) is 2.51. The van der Waals surface area contributed by atoms with Crippen LogP contribution in [0.2, 0.25) is 0 Å². The van der Waals surface area contributed by atoms with E-state index in [-0.39, 0.29) is 12.1 Å². The predicted octanol–water partition coefficient (Wildman–Crippen LogP) is 2.48. The van der Waals surface area contributed by atoms with Gasteiger partial charge in [-0.05, 0) is 43.2 Å². The number of fused-ring (bicyclic) bond motifs is 1. The molecule has 1 aliphatic rings. The second-order valence-electron chi connectivity index (χ2n) is 4.05. The summed E-state index contributed by atoms with van der Waals surface area (Å²) in [5.74, 6) is 0. The van der Waals surface area contributed by atoms with E-state index in [9.17, 15) is 4.79 Å². The topological polar surface area (TPSA) is 41.6 Å². The first-order valence-corrected chi connectivity index (χ1v) is 6.04. The monoisotopic (exact) mass is 252 g/mol. The average molecular weight is 252 g/mol. The Morgan fingerprint density at radius 2 is 2.29 bits per heavy atom. The molecule has 5 heteroatoms. The van der Waals surface area contributed by atoms with Gasteiger partial charge in [0.25, 0.3) is 0 Å². The van der Waals surface area contributed by atoms with Crippen molar-refractivity contribution in [3.05, 3.63) is 35.4 Å². The summed E-state index contributed by atoms with van der Waals surface area (Å²) in [6.45, 7) is 0. The number of hydroxylamine groups is 1. The number of aryl methyl sites for hydroxylation is 1. The first-order chi connectivity index (χ1) is 8.22. The van der Waals surface area contributed by atoms with Gasteiger partial charge in [-0.2, -0.15) is 0 Å². The molecule has 0 spiro atoms. The SMILES string of the molecule is CON(S)C(=O)NC1CCCc2ccccc21. The molecule has 0 saturated carbocycles. The van der Waals surface area contributed by atoms with Crippen LogP contribution in [0.1, 0.15) is 30.0 Å². The number of carbonyl (C=O) groups is 1. The van der Waals surface area contributed by atoms with E-state index in [1.165, 1.54) is 18.2 Å². The van der Waals surface area contributed by atoms with Crippen molar-refractivity contribution in [2.75, 3.05) is 7.11 Å². The summed E-state index contributed by atoms with van der Waals surface area (Å²) in [5, 5.41) is 2.91. The van der Waals surface area contributed by atoms with Gasteiger partial charge in [-0.3, -0.25) is 4.84 Å². The number of rotatable bonds is 2. The lowest BCUT2D eigenvalue weighted by atomic mass is 9.88. The first kappa shape index (κ1) is 12.3. The van der Waals surface area contributed by atoms with Gasteiger partial charge in [-0.1, -0.05) is 24.3 Å². The third-order valence-corrected chi connectivity index (χ3v) is 3.36. The Kier molecular flexibility index (Phi) is 3.91. The standard InChI is InChI=1S/C12H16N2O2S/c1-16-14(17)12(15)13-11-8-4-6-9-5-2-3-7-10(9)11/h2-3,5,7,11,17H,4,6,8H2,1H3,(H,13,15). The van der Waals surface area contributed by atoms with E-state index in [0.717, 1.165) is 23.7 Å². The van der Waals surface area contributed by atoms with E-state index >= 15 is 0 Å². The summed E-state index contributed by atoms with van der Waals surface area (Å²) in [7, 11) is 1.40. The molecule has 92 valence electrons. The zero-order valence-electron chi connectivity index (χ0n) is 9.72. The molecule has 0 bridgehead atoms. The van der Waals surface area contributed by atoms with Crippen molar-refractivity contribution in [1.29, 1.82) is 0 Å². The molecule has 17 heavy (non-hydrogen) atoms. The fraction of sp³-hybridized carbons (Fsp3) is 0.417. The Bertz CT molecular complexity index is 411. The molecule has 0 aromatic heterocycles. The second-order valence-corrected chi connectivity index (χ2v) is 4.41. The van der Waals surface area contributed by atoms with Crippen LogP contribution in [0.25, 0.3) is 0 Å². The minimum absolute atomic E-state index is 0.0530. The number of thiol groups is 1. The predicted molar refractivity (Wildman–Crippen MR) is 68.5 cm³/mol. The van der Waals surface area contributed by atoms with Gasteiger partial charge < -0.3 is 5.32 Å². The highest BCUT2D eigenvalue weighted by Gasteiger charge is 2.22. The Hall–Kier alpha value is -1.20. The Labute approximate surface area is 106 Å². The summed E-state index contributed by atoms with van der Waals surface area (Å²) < 4.78 is 0.900. The Balaban J connectivity index is 2.11. The fourth-order valence-corrected chi connectivity index (χ4v) is 2.25. The number of carbonyl (C=O) groups excluding carboxylic acids is 1.